The zero-order valence-corrected chi connectivity index (χ0v) is 15.9. The van der Waals surface area contributed by atoms with E-state index in [4.69, 9.17) is 0 Å². The number of H-pyrrole nitrogens is 1. The van der Waals surface area contributed by atoms with Crippen LogP contribution < -0.4 is 5.32 Å². The second kappa shape index (κ2) is 8.76. The number of β-amino-alcohol motifs (C(OH)–C–C–N with tert-alkyl or cyclic N) is 1. The van der Waals surface area contributed by atoms with Gasteiger partial charge in [0.2, 0.25) is 0 Å². The number of benzene rings is 1. The van der Waals surface area contributed by atoms with Crippen LogP contribution in [0.2, 0.25) is 0 Å². The molecule has 1 aromatic carbocycles. The summed E-state index contributed by atoms with van der Waals surface area (Å²) in [6, 6.07) is 7.32. The van der Waals surface area contributed by atoms with E-state index < -0.39 is 29.5 Å². The number of aromatic amines is 1. The van der Waals surface area contributed by atoms with Crippen LogP contribution in [0.15, 0.2) is 24.3 Å². The molecule has 1 saturated heterocycles. The van der Waals surface area contributed by atoms with Gasteiger partial charge in [0, 0.05) is 12.5 Å². The van der Waals surface area contributed by atoms with Crippen molar-refractivity contribution in [3.8, 4) is 0 Å². The zero-order valence-electron chi connectivity index (χ0n) is 15.9. The average molecular weight is 389 g/mol. The zero-order chi connectivity index (χ0) is 20.1. The fourth-order valence-corrected chi connectivity index (χ4v) is 3.92. The molecule has 0 spiro atoms. The second-order valence-electron chi connectivity index (χ2n) is 7.41. The lowest BCUT2D eigenvalue weighted by Crippen LogP contribution is -2.51. The number of hydrogen-bond acceptors (Lipinski definition) is 7. The first-order valence-electron chi connectivity index (χ1n) is 9.62. The number of piperidine rings is 1. The lowest BCUT2D eigenvalue weighted by Gasteiger charge is -2.37. The van der Waals surface area contributed by atoms with Crippen molar-refractivity contribution in [2.45, 2.75) is 50.2 Å². The van der Waals surface area contributed by atoms with Gasteiger partial charge < -0.3 is 20.6 Å². The third kappa shape index (κ3) is 4.21. The smallest absolute Gasteiger partial charge is 0.307 e. The fraction of sp³-hybridized carbons (Fsp3) is 0.579. The van der Waals surface area contributed by atoms with Gasteiger partial charge in [-0.2, -0.15) is 5.21 Å². The van der Waals surface area contributed by atoms with Crippen LogP contribution in [-0.2, 0) is 16.8 Å². The molecule has 9 nitrogen and oxygen atoms in total. The average Bonchev–Trinajstić information content (AvgIpc) is 3.22. The summed E-state index contributed by atoms with van der Waals surface area (Å²) < 4.78 is 0. The summed E-state index contributed by atoms with van der Waals surface area (Å²) in [5, 5.41) is 47.8. The Morgan fingerprint density at radius 2 is 2.11 bits per heavy atom. The van der Waals surface area contributed by atoms with Gasteiger partial charge in [-0.05, 0) is 36.9 Å². The number of rotatable bonds is 8. The second-order valence-corrected chi connectivity index (χ2v) is 7.41. The van der Waals surface area contributed by atoms with Crippen molar-refractivity contribution in [3.63, 3.8) is 0 Å². The number of aliphatic hydroxyl groups excluding tert-OH is 1. The maximum absolute atomic E-state index is 11.8. The van der Waals surface area contributed by atoms with E-state index in [1.165, 1.54) is 0 Å². The molecule has 4 atom stereocenters. The van der Waals surface area contributed by atoms with Crippen LogP contribution in [0, 0.1) is 5.92 Å². The molecule has 0 saturated carbocycles. The fourth-order valence-electron chi connectivity index (χ4n) is 3.92. The van der Waals surface area contributed by atoms with Crippen LogP contribution in [0.3, 0.4) is 0 Å². The Balaban J connectivity index is 1.82. The van der Waals surface area contributed by atoms with E-state index in [2.05, 4.69) is 25.9 Å². The van der Waals surface area contributed by atoms with E-state index in [9.17, 15) is 20.1 Å². The van der Waals surface area contributed by atoms with Crippen molar-refractivity contribution in [3.05, 3.63) is 41.2 Å². The lowest BCUT2D eigenvalue weighted by molar-refractivity contribution is -0.142. The molecule has 5 N–H and O–H groups in total. The minimum absolute atomic E-state index is 0.343. The van der Waals surface area contributed by atoms with Crippen molar-refractivity contribution in [1.29, 1.82) is 0 Å². The highest BCUT2D eigenvalue weighted by atomic mass is 16.4. The number of carboxylic acid groups (broad SMARTS) is 1. The molecular weight excluding hydrogens is 362 g/mol. The number of tetrazole rings is 1. The topological polar surface area (TPSA) is 144 Å². The number of aliphatic carboxylic acids is 1. The number of nitrogens with zero attached hydrogens (tertiary/aromatic N) is 3. The summed E-state index contributed by atoms with van der Waals surface area (Å²) >= 11 is 0. The summed E-state index contributed by atoms with van der Waals surface area (Å²) in [6.07, 6.45) is 1.25. The standard InChI is InChI=1S/C19H27N5O4/c1-2-3-14(18(26)27)15(17-21-23-24-22-17)10-12-4-6-13(7-5-12)19(28)8-9-20-11-16(19)25/h4-7,14-16,20,25,28H,2-3,8-11H2,1H3,(H,26,27)(H,21,22,23,24)/t14-,15-,16-,19-/m0/s1. The van der Waals surface area contributed by atoms with Gasteiger partial charge in [0.25, 0.3) is 0 Å². The number of aromatic nitrogens is 4. The number of aliphatic hydroxyl groups is 2. The van der Waals surface area contributed by atoms with Crippen molar-refractivity contribution < 1.29 is 20.1 Å². The third-order valence-electron chi connectivity index (χ3n) is 5.58. The molecule has 1 fully saturated rings. The van der Waals surface area contributed by atoms with E-state index >= 15 is 0 Å². The van der Waals surface area contributed by atoms with Crippen LogP contribution in [0.1, 0.15) is 49.1 Å². The van der Waals surface area contributed by atoms with Crippen molar-refractivity contribution in [2.24, 2.45) is 5.92 Å². The Morgan fingerprint density at radius 1 is 1.36 bits per heavy atom. The van der Waals surface area contributed by atoms with Crippen LogP contribution in [0.25, 0.3) is 0 Å². The number of hydrogen-bond donors (Lipinski definition) is 5. The van der Waals surface area contributed by atoms with Gasteiger partial charge >= 0.3 is 5.97 Å². The Bertz CT molecular complexity index is 767. The summed E-state index contributed by atoms with van der Waals surface area (Å²) in [7, 11) is 0. The van der Waals surface area contributed by atoms with Gasteiger partial charge in [-0.3, -0.25) is 4.79 Å². The van der Waals surface area contributed by atoms with Crippen LogP contribution >= 0.6 is 0 Å². The van der Waals surface area contributed by atoms with E-state index in [1.807, 2.05) is 19.1 Å². The highest BCUT2D eigenvalue weighted by Gasteiger charge is 2.39. The Hall–Kier alpha value is -2.36. The molecule has 1 aliphatic rings. The van der Waals surface area contributed by atoms with Crippen molar-refractivity contribution >= 4 is 5.97 Å². The normalized spacial score (nSPS) is 24.6. The van der Waals surface area contributed by atoms with Crippen LogP contribution in [-0.4, -0.2) is 61.1 Å². The van der Waals surface area contributed by atoms with E-state index in [1.54, 1.807) is 12.1 Å². The third-order valence-corrected chi connectivity index (χ3v) is 5.58. The molecule has 2 aromatic rings. The lowest BCUT2D eigenvalue weighted by atomic mass is 9.80. The summed E-state index contributed by atoms with van der Waals surface area (Å²) in [5.74, 6) is -1.51. The molecule has 28 heavy (non-hydrogen) atoms. The largest absolute Gasteiger partial charge is 0.481 e. The van der Waals surface area contributed by atoms with Gasteiger partial charge in [0.05, 0.1) is 12.0 Å². The van der Waals surface area contributed by atoms with Gasteiger partial charge in [0.15, 0.2) is 5.82 Å². The molecule has 9 heteroatoms. The highest BCUT2D eigenvalue weighted by molar-refractivity contribution is 5.71. The van der Waals surface area contributed by atoms with Gasteiger partial charge in [-0.15, -0.1) is 10.2 Å². The van der Waals surface area contributed by atoms with Crippen molar-refractivity contribution in [1.82, 2.24) is 25.9 Å². The first kappa shape index (κ1) is 20.4. The van der Waals surface area contributed by atoms with E-state index in [0.717, 1.165) is 12.0 Å². The first-order chi connectivity index (χ1) is 13.5. The maximum atomic E-state index is 11.8. The quantitative estimate of drug-likeness (QED) is 0.441. The Kier molecular flexibility index (Phi) is 6.38. The first-order valence-corrected chi connectivity index (χ1v) is 9.62. The SMILES string of the molecule is CCC[C@H](C(=O)O)[C@H](Cc1ccc([C@@]2(O)CCNC[C@@H]2O)cc1)c1nn[nH]n1. The molecular formula is C19H27N5O4. The monoisotopic (exact) mass is 389 g/mol. The minimum atomic E-state index is -1.28. The number of carboxylic acids is 1. The number of nitrogens with one attached hydrogen (secondary N) is 2. The van der Waals surface area contributed by atoms with Gasteiger partial charge in [-0.1, -0.05) is 42.8 Å². The number of carbonyl (C=O) groups is 1. The van der Waals surface area contributed by atoms with Crippen molar-refractivity contribution in [2.75, 3.05) is 13.1 Å². The van der Waals surface area contributed by atoms with Gasteiger partial charge in [0.1, 0.15) is 5.60 Å². The summed E-state index contributed by atoms with van der Waals surface area (Å²) in [5.41, 5.74) is 0.292. The molecule has 0 aliphatic carbocycles. The molecule has 1 aliphatic heterocycles. The molecule has 0 radical (unpaired) electrons. The summed E-state index contributed by atoms with van der Waals surface area (Å²) in [4.78, 5) is 11.8. The highest BCUT2D eigenvalue weighted by Crippen LogP contribution is 2.33. The summed E-state index contributed by atoms with van der Waals surface area (Å²) in [6.45, 7) is 2.92. The Labute approximate surface area is 163 Å². The van der Waals surface area contributed by atoms with Crippen LogP contribution in [0.5, 0.6) is 0 Å². The van der Waals surface area contributed by atoms with E-state index in [0.29, 0.717) is 43.7 Å². The molecule has 152 valence electrons. The maximum Gasteiger partial charge on any atom is 0.307 e. The molecule has 1 aromatic heterocycles. The Morgan fingerprint density at radius 3 is 2.68 bits per heavy atom. The minimum Gasteiger partial charge on any atom is -0.481 e. The molecule has 0 bridgehead atoms. The molecule has 0 amide bonds. The predicted molar refractivity (Wildman–Crippen MR) is 100 cm³/mol. The predicted octanol–water partition coefficient (Wildman–Crippen LogP) is 0.569. The van der Waals surface area contributed by atoms with Crippen LogP contribution in [0.4, 0.5) is 0 Å². The molecule has 3 rings (SSSR count). The van der Waals surface area contributed by atoms with E-state index in [-0.39, 0.29) is 0 Å². The molecule has 2 heterocycles. The van der Waals surface area contributed by atoms with Gasteiger partial charge in [-0.25, -0.2) is 0 Å². The molecule has 0 unspecified atom stereocenters.